The molecule has 0 atom stereocenters. The molecule has 1 heterocycles. The van der Waals surface area contributed by atoms with Gasteiger partial charge in [0.25, 0.3) is 5.91 Å². The smallest absolute Gasteiger partial charge is 0.265 e. The number of hydrogen-bond acceptors (Lipinski definition) is 4. The van der Waals surface area contributed by atoms with Gasteiger partial charge in [-0.2, -0.15) is 0 Å². The number of rotatable bonds is 4. The average Bonchev–Trinajstić information content (AvgIpc) is 2.65. The van der Waals surface area contributed by atoms with Gasteiger partial charge in [0.15, 0.2) is 0 Å². The second-order valence-corrected chi connectivity index (χ2v) is 6.69. The van der Waals surface area contributed by atoms with Gasteiger partial charge in [0, 0.05) is 7.05 Å². The van der Waals surface area contributed by atoms with E-state index in [2.05, 4.69) is 13.8 Å². The molecule has 0 unspecified atom stereocenters. The van der Waals surface area contributed by atoms with Crippen LogP contribution in [-0.4, -0.2) is 28.8 Å². The Morgan fingerprint density at radius 2 is 2.00 bits per heavy atom. The van der Waals surface area contributed by atoms with Gasteiger partial charge in [0.05, 0.1) is 11.5 Å². The van der Waals surface area contributed by atoms with E-state index in [9.17, 15) is 4.79 Å². The zero-order valence-electron chi connectivity index (χ0n) is 11.8. The summed E-state index contributed by atoms with van der Waals surface area (Å²) in [5.41, 5.74) is 0.968. The van der Waals surface area contributed by atoms with E-state index in [4.69, 9.17) is 17.0 Å². The Labute approximate surface area is 129 Å². The zero-order chi connectivity index (χ0) is 14.7. The molecule has 1 amide bonds. The molecule has 0 saturated carbocycles. The lowest BCUT2D eigenvalue weighted by molar-refractivity contribution is -0.121. The fourth-order valence-corrected chi connectivity index (χ4v) is 2.80. The summed E-state index contributed by atoms with van der Waals surface area (Å²) in [6.45, 7) is 4.93. The lowest BCUT2D eigenvalue weighted by Crippen LogP contribution is -2.22. The van der Waals surface area contributed by atoms with E-state index in [-0.39, 0.29) is 5.91 Å². The second kappa shape index (κ2) is 6.41. The van der Waals surface area contributed by atoms with Crippen molar-refractivity contribution in [2.45, 2.75) is 13.8 Å². The maximum Gasteiger partial charge on any atom is 0.265 e. The summed E-state index contributed by atoms with van der Waals surface area (Å²) < 4.78 is 6.22. The number of carbonyl (C=O) groups is 1. The molecule has 0 bridgehead atoms. The number of likely N-dealkylation sites (N-methyl/N-ethyl adjacent to an activating group) is 1. The summed E-state index contributed by atoms with van der Waals surface area (Å²) in [5, 5.41) is 0. The third-order valence-corrected chi connectivity index (χ3v) is 4.23. The topological polar surface area (TPSA) is 29.5 Å². The molecule has 0 aromatic heterocycles. The van der Waals surface area contributed by atoms with Crippen molar-refractivity contribution in [2.24, 2.45) is 5.92 Å². The normalized spacial score (nSPS) is 17.4. The highest BCUT2D eigenvalue weighted by Gasteiger charge is 2.28. The van der Waals surface area contributed by atoms with Crippen LogP contribution >= 0.6 is 24.0 Å². The number of hydrogen-bond donors (Lipinski definition) is 0. The van der Waals surface area contributed by atoms with Crippen LogP contribution < -0.4 is 4.74 Å². The lowest BCUT2D eigenvalue weighted by Gasteiger charge is -2.08. The first-order chi connectivity index (χ1) is 9.47. The molecular weight excluding hydrogens is 290 g/mol. The molecule has 3 nitrogen and oxygen atoms in total. The molecule has 106 valence electrons. The highest BCUT2D eigenvalue weighted by atomic mass is 32.2. The molecular formula is C15H17NO2S2. The minimum absolute atomic E-state index is 0.0415. The number of nitrogens with zero attached hydrogens (tertiary/aromatic N) is 1. The summed E-state index contributed by atoms with van der Waals surface area (Å²) >= 11 is 6.43. The van der Waals surface area contributed by atoms with Gasteiger partial charge in [-0.05, 0) is 29.7 Å². The Balaban J connectivity index is 2.07. The molecule has 1 aromatic rings. The van der Waals surface area contributed by atoms with Gasteiger partial charge in [-0.3, -0.25) is 9.69 Å². The largest absolute Gasteiger partial charge is 0.493 e. The van der Waals surface area contributed by atoms with Crippen molar-refractivity contribution in [3.05, 3.63) is 34.7 Å². The molecule has 1 aliphatic rings. The lowest BCUT2D eigenvalue weighted by atomic mass is 10.2. The van der Waals surface area contributed by atoms with Crippen LogP contribution in [0.25, 0.3) is 6.08 Å². The Kier molecular flexibility index (Phi) is 4.83. The standard InChI is InChI=1S/C15H17NO2S2/c1-10(2)9-18-12-6-4-11(5-7-12)8-13-14(17)16(3)15(19)20-13/h4-8,10H,9H2,1-3H3/b13-8+. The van der Waals surface area contributed by atoms with Gasteiger partial charge >= 0.3 is 0 Å². The van der Waals surface area contributed by atoms with Crippen molar-refractivity contribution >= 4 is 40.3 Å². The van der Waals surface area contributed by atoms with Crippen LogP contribution in [0.5, 0.6) is 5.75 Å². The molecule has 5 heteroatoms. The van der Waals surface area contributed by atoms with Crippen LogP contribution in [-0.2, 0) is 4.79 Å². The van der Waals surface area contributed by atoms with Crippen molar-refractivity contribution in [3.63, 3.8) is 0 Å². The fourth-order valence-electron chi connectivity index (χ4n) is 1.62. The zero-order valence-corrected chi connectivity index (χ0v) is 13.4. The summed E-state index contributed by atoms with van der Waals surface area (Å²) in [6.07, 6.45) is 1.86. The highest BCUT2D eigenvalue weighted by molar-refractivity contribution is 8.26. The molecule has 20 heavy (non-hydrogen) atoms. The quantitative estimate of drug-likeness (QED) is 0.628. The second-order valence-electron chi connectivity index (χ2n) is 5.01. The molecule has 1 fully saturated rings. The van der Waals surface area contributed by atoms with Crippen LogP contribution in [0.4, 0.5) is 0 Å². The van der Waals surface area contributed by atoms with Gasteiger partial charge in [-0.25, -0.2) is 0 Å². The molecule has 1 saturated heterocycles. The van der Waals surface area contributed by atoms with E-state index in [0.29, 0.717) is 21.8 Å². The summed E-state index contributed by atoms with van der Waals surface area (Å²) in [4.78, 5) is 14.0. The van der Waals surface area contributed by atoms with E-state index in [0.717, 1.165) is 11.3 Å². The van der Waals surface area contributed by atoms with Crippen molar-refractivity contribution in [3.8, 4) is 5.75 Å². The Morgan fingerprint density at radius 3 is 2.50 bits per heavy atom. The van der Waals surface area contributed by atoms with Gasteiger partial charge in [0.1, 0.15) is 10.1 Å². The number of thiocarbonyl (C=S) groups is 1. The first-order valence-corrected chi connectivity index (χ1v) is 7.64. The van der Waals surface area contributed by atoms with E-state index >= 15 is 0 Å². The third kappa shape index (κ3) is 3.61. The maximum atomic E-state index is 11.9. The average molecular weight is 307 g/mol. The van der Waals surface area contributed by atoms with Crippen LogP contribution in [0.1, 0.15) is 19.4 Å². The van der Waals surface area contributed by atoms with E-state index in [1.165, 1.54) is 16.7 Å². The number of carbonyl (C=O) groups excluding carboxylic acids is 1. The van der Waals surface area contributed by atoms with Gasteiger partial charge in [0.2, 0.25) is 0 Å². The van der Waals surface area contributed by atoms with Gasteiger partial charge in [-0.1, -0.05) is 50.0 Å². The predicted molar refractivity (Wildman–Crippen MR) is 87.7 cm³/mol. The van der Waals surface area contributed by atoms with E-state index in [1.807, 2.05) is 30.3 Å². The molecule has 0 aliphatic carbocycles. The Bertz CT molecular complexity index is 549. The maximum absolute atomic E-state index is 11.9. The molecule has 1 aromatic carbocycles. The Morgan fingerprint density at radius 1 is 1.35 bits per heavy atom. The first kappa shape index (κ1) is 15.1. The van der Waals surface area contributed by atoms with Crippen molar-refractivity contribution < 1.29 is 9.53 Å². The number of amides is 1. The Hall–Kier alpha value is -1.33. The molecule has 2 rings (SSSR count). The van der Waals surface area contributed by atoms with Crippen LogP contribution in [0.3, 0.4) is 0 Å². The fraction of sp³-hybridized carbons (Fsp3) is 0.333. The SMILES string of the molecule is CC(C)COc1ccc(/C=C2/SC(=S)N(C)C2=O)cc1. The monoisotopic (exact) mass is 307 g/mol. The minimum Gasteiger partial charge on any atom is -0.493 e. The third-order valence-electron chi connectivity index (χ3n) is 2.75. The number of ether oxygens (including phenoxy) is 1. The number of benzene rings is 1. The first-order valence-electron chi connectivity index (χ1n) is 6.42. The van der Waals surface area contributed by atoms with Crippen LogP contribution in [0, 0.1) is 5.92 Å². The van der Waals surface area contributed by atoms with Crippen molar-refractivity contribution in [1.29, 1.82) is 0 Å². The van der Waals surface area contributed by atoms with Crippen LogP contribution in [0.15, 0.2) is 29.2 Å². The van der Waals surface area contributed by atoms with Crippen molar-refractivity contribution in [1.82, 2.24) is 4.90 Å². The minimum atomic E-state index is -0.0415. The molecule has 1 aliphatic heterocycles. The highest BCUT2D eigenvalue weighted by Crippen LogP contribution is 2.31. The van der Waals surface area contributed by atoms with Gasteiger partial charge in [-0.15, -0.1) is 0 Å². The van der Waals surface area contributed by atoms with Gasteiger partial charge < -0.3 is 4.74 Å². The van der Waals surface area contributed by atoms with E-state index in [1.54, 1.807) is 7.05 Å². The summed E-state index contributed by atoms with van der Waals surface area (Å²) in [7, 11) is 1.70. The van der Waals surface area contributed by atoms with Crippen LogP contribution in [0.2, 0.25) is 0 Å². The molecule has 0 spiro atoms. The van der Waals surface area contributed by atoms with E-state index < -0.39 is 0 Å². The molecule has 0 radical (unpaired) electrons. The molecule has 0 N–H and O–H groups in total. The summed E-state index contributed by atoms with van der Waals surface area (Å²) in [5.74, 6) is 1.31. The predicted octanol–water partition coefficient (Wildman–Crippen LogP) is 3.55. The van der Waals surface area contributed by atoms with Crippen molar-refractivity contribution in [2.75, 3.05) is 13.7 Å². The summed E-state index contributed by atoms with van der Waals surface area (Å²) in [6, 6.07) is 7.72. The number of thioether (sulfide) groups is 1.